The topological polar surface area (TPSA) is 25.8 Å². The first-order chi connectivity index (χ1) is 10.9. The smallest absolute Gasteiger partial charge is 0.127 e. The van der Waals surface area contributed by atoms with Gasteiger partial charge in [0.25, 0.3) is 0 Å². The van der Waals surface area contributed by atoms with Crippen molar-refractivity contribution < 1.29 is 0 Å². The summed E-state index contributed by atoms with van der Waals surface area (Å²) in [6.07, 6.45) is 1.82. The molecule has 0 aliphatic rings. The second kappa shape index (κ2) is 5.78. The SMILES string of the molecule is c1ccc2c(CSc3nncc4ccccc34)cccc2c1. The molecule has 0 N–H and O–H groups in total. The summed E-state index contributed by atoms with van der Waals surface area (Å²) in [6.45, 7) is 0. The Hall–Kier alpha value is -2.39. The van der Waals surface area contributed by atoms with Crippen LogP contribution in [0, 0.1) is 0 Å². The lowest BCUT2D eigenvalue weighted by Crippen LogP contribution is -1.89. The Balaban J connectivity index is 1.69. The first kappa shape index (κ1) is 13.3. The van der Waals surface area contributed by atoms with Crippen LogP contribution < -0.4 is 0 Å². The second-order valence-electron chi connectivity index (χ2n) is 5.16. The molecule has 4 rings (SSSR count). The minimum atomic E-state index is 0.893. The van der Waals surface area contributed by atoms with E-state index in [4.69, 9.17) is 0 Å². The summed E-state index contributed by atoms with van der Waals surface area (Å²) >= 11 is 1.74. The van der Waals surface area contributed by atoms with Crippen molar-refractivity contribution in [2.75, 3.05) is 0 Å². The van der Waals surface area contributed by atoms with Gasteiger partial charge in [0.15, 0.2) is 0 Å². The lowest BCUT2D eigenvalue weighted by molar-refractivity contribution is 0.955. The van der Waals surface area contributed by atoms with Gasteiger partial charge in [-0.3, -0.25) is 0 Å². The van der Waals surface area contributed by atoms with E-state index in [0.717, 1.165) is 16.2 Å². The van der Waals surface area contributed by atoms with Crippen molar-refractivity contribution in [1.29, 1.82) is 0 Å². The van der Waals surface area contributed by atoms with Crippen LogP contribution >= 0.6 is 11.8 Å². The Labute approximate surface area is 133 Å². The maximum Gasteiger partial charge on any atom is 0.127 e. The van der Waals surface area contributed by atoms with E-state index in [1.807, 2.05) is 18.3 Å². The highest BCUT2D eigenvalue weighted by molar-refractivity contribution is 7.98. The maximum atomic E-state index is 4.31. The van der Waals surface area contributed by atoms with Crippen LogP contribution in [-0.2, 0) is 5.75 Å². The Morgan fingerprint density at radius 2 is 1.45 bits per heavy atom. The number of hydrogen-bond donors (Lipinski definition) is 0. The molecule has 0 atom stereocenters. The van der Waals surface area contributed by atoms with Crippen LogP contribution in [0.2, 0.25) is 0 Å². The van der Waals surface area contributed by atoms with Crippen molar-refractivity contribution >= 4 is 33.3 Å². The summed E-state index contributed by atoms with van der Waals surface area (Å²) in [5.74, 6) is 0.893. The highest BCUT2D eigenvalue weighted by atomic mass is 32.2. The zero-order valence-corrected chi connectivity index (χ0v) is 12.8. The van der Waals surface area contributed by atoms with Crippen molar-refractivity contribution in [1.82, 2.24) is 10.2 Å². The second-order valence-corrected chi connectivity index (χ2v) is 6.13. The molecule has 4 aromatic rings. The molecular weight excluding hydrogens is 288 g/mol. The monoisotopic (exact) mass is 302 g/mol. The third-order valence-corrected chi connectivity index (χ3v) is 4.81. The Kier molecular flexibility index (Phi) is 3.49. The molecule has 1 heterocycles. The van der Waals surface area contributed by atoms with Crippen molar-refractivity contribution in [3.63, 3.8) is 0 Å². The van der Waals surface area contributed by atoms with Crippen LogP contribution in [0.5, 0.6) is 0 Å². The van der Waals surface area contributed by atoms with Crippen LogP contribution in [0.4, 0.5) is 0 Å². The molecule has 0 fully saturated rings. The average Bonchev–Trinajstić information content (AvgIpc) is 2.60. The van der Waals surface area contributed by atoms with E-state index in [1.165, 1.54) is 21.7 Å². The summed E-state index contributed by atoms with van der Waals surface area (Å²) < 4.78 is 0. The number of fused-ring (bicyclic) bond motifs is 2. The average molecular weight is 302 g/mol. The number of hydrogen-bond acceptors (Lipinski definition) is 3. The molecule has 1 aromatic heterocycles. The standard InChI is InChI=1S/C19H14N2S/c1-3-10-17-14(6-1)8-5-9-16(17)13-22-19-18-11-4-2-7-15(18)12-20-21-19/h1-12H,13H2. The molecule has 0 unspecified atom stereocenters. The van der Waals surface area contributed by atoms with E-state index < -0.39 is 0 Å². The minimum Gasteiger partial charge on any atom is -0.157 e. The van der Waals surface area contributed by atoms with Gasteiger partial charge in [-0.2, -0.15) is 5.10 Å². The maximum absolute atomic E-state index is 4.31. The van der Waals surface area contributed by atoms with E-state index in [9.17, 15) is 0 Å². The zero-order chi connectivity index (χ0) is 14.8. The van der Waals surface area contributed by atoms with Crippen LogP contribution in [-0.4, -0.2) is 10.2 Å². The van der Waals surface area contributed by atoms with Gasteiger partial charge in [0.2, 0.25) is 0 Å². The number of nitrogens with zero attached hydrogens (tertiary/aromatic N) is 2. The lowest BCUT2D eigenvalue weighted by atomic mass is 10.1. The van der Waals surface area contributed by atoms with Gasteiger partial charge in [0.05, 0.1) is 6.20 Å². The van der Waals surface area contributed by atoms with Gasteiger partial charge in [-0.25, -0.2) is 0 Å². The van der Waals surface area contributed by atoms with E-state index in [0.29, 0.717) is 0 Å². The molecule has 0 saturated carbocycles. The number of aromatic nitrogens is 2. The fourth-order valence-electron chi connectivity index (χ4n) is 2.67. The van der Waals surface area contributed by atoms with Crippen LogP contribution in [0.3, 0.4) is 0 Å². The largest absolute Gasteiger partial charge is 0.157 e. The fourth-order valence-corrected chi connectivity index (χ4v) is 3.66. The summed E-state index contributed by atoms with van der Waals surface area (Å²) in [5, 5.41) is 14.3. The molecule has 0 spiro atoms. The third kappa shape index (κ3) is 2.44. The zero-order valence-electron chi connectivity index (χ0n) is 11.9. The van der Waals surface area contributed by atoms with Crippen molar-refractivity contribution in [3.8, 4) is 0 Å². The van der Waals surface area contributed by atoms with Crippen molar-refractivity contribution in [2.24, 2.45) is 0 Å². The number of benzene rings is 3. The van der Waals surface area contributed by atoms with E-state index in [1.54, 1.807) is 11.8 Å². The first-order valence-corrected chi connectivity index (χ1v) is 8.20. The molecule has 22 heavy (non-hydrogen) atoms. The molecule has 2 nitrogen and oxygen atoms in total. The van der Waals surface area contributed by atoms with Gasteiger partial charge >= 0.3 is 0 Å². The van der Waals surface area contributed by atoms with Gasteiger partial charge in [-0.15, -0.1) is 5.10 Å². The van der Waals surface area contributed by atoms with Gasteiger partial charge < -0.3 is 0 Å². The third-order valence-electron chi connectivity index (χ3n) is 3.78. The molecule has 0 bridgehead atoms. The van der Waals surface area contributed by atoms with Crippen LogP contribution in [0.15, 0.2) is 78.0 Å². The minimum absolute atomic E-state index is 0.893. The summed E-state index contributed by atoms with van der Waals surface area (Å²) in [7, 11) is 0. The highest BCUT2D eigenvalue weighted by Gasteiger charge is 2.06. The van der Waals surface area contributed by atoms with Gasteiger partial charge in [-0.05, 0) is 16.3 Å². The molecule has 0 amide bonds. The number of rotatable bonds is 3. The molecule has 3 aromatic carbocycles. The normalized spacial score (nSPS) is 11.1. The van der Waals surface area contributed by atoms with Gasteiger partial charge in [0, 0.05) is 16.5 Å². The lowest BCUT2D eigenvalue weighted by Gasteiger charge is -2.07. The van der Waals surface area contributed by atoms with Crippen molar-refractivity contribution in [2.45, 2.75) is 10.8 Å². The Morgan fingerprint density at radius 3 is 2.36 bits per heavy atom. The molecule has 0 saturated heterocycles. The van der Waals surface area contributed by atoms with Gasteiger partial charge in [0.1, 0.15) is 5.03 Å². The number of thioether (sulfide) groups is 1. The predicted octanol–water partition coefficient (Wildman–Crippen LogP) is 5.08. The van der Waals surface area contributed by atoms with E-state index in [-0.39, 0.29) is 0 Å². The first-order valence-electron chi connectivity index (χ1n) is 7.22. The highest BCUT2D eigenvalue weighted by Crippen LogP contribution is 2.30. The summed E-state index contributed by atoms with van der Waals surface area (Å²) in [5.41, 5.74) is 1.33. The molecular formula is C19H14N2S. The molecule has 0 aliphatic carbocycles. The summed E-state index contributed by atoms with van der Waals surface area (Å²) in [6, 6.07) is 23.2. The summed E-state index contributed by atoms with van der Waals surface area (Å²) in [4.78, 5) is 0. The van der Waals surface area contributed by atoms with Gasteiger partial charge in [-0.1, -0.05) is 78.5 Å². The molecule has 0 radical (unpaired) electrons. The van der Waals surface area contributed by atoms with E-state index >= 15 is 0 Å². The molecule has 106 valence electrons. The molecule has 0 aliphatic heterocycles. The van der Waals surface area contributed by atoms with Crippen LogP contribution in [0.25, 0.3) is 21.5 Å². The van der Waals surface area contributed by atoms with E-state index in [2.05, 4.69) is 64.8 Å². The fraction of sp³-hybridized carbons (Fsp3) is 0.0526. The van der Waals surface area contributed by atoms with Crippen molar-refractivity contribution in [3.05, 3.63) is 78.5 Å². The Bertz CT molecular complexity index is 860. The Morgan fingerprint density at radius 1 is 0.727 bits per heavy atom. The van der Waals surface area contributed by atoms with Crippen LogP contribution in [0.1, 0.15) is 5.56 Å². The molecule has 3 heteroatoms. The predicted molar refractivity (Wildman–Crippen MR) is 93.0 cm³/mol. The quantitative estimate of drug-likeness (QED) is 0.494.